The van der Waals surface area contributed by atoms with Gasteiger partial charge in [-0.3, -0.25) is 9.59 Å². The number of carbonyl (C=O) groups is 2. The van der Waals surface area contributed by atoms with Crippen molar-refractivity contribution < 1.29 is 36.6 Å². The number of rotatable bonds is 10. The second-order valence-electron chi connectivity index (χ2n) is 11.0. The van der Waals surface area contributed by atoms with Crippen LogP contribution in [-0.2, 0) is 14.8 Å². The van der Waals surface area contributed by atoms with Crippen LogP contribution in [0.3, 0.4) is 0 Å². The molecule has 2 heterocycles. The number of benzene rings is 1. The van der Waals surface area contributed by atoms with E-state index in [1.807, 2.05) is 0 Å². The maximum atomic E-state index is 13.7. The number of hydrogen-bond acceptors (Lipinski definition) is 8. The third-order valence-corrected chi connectivity index (χ3v) is 9.81. The first-order valence-electron chi connectivity index (χ1n) is 12.5. The van der Waals surface area contributed by atoms with Crippen molar-refractivity contribution >= 4 is 56.4 Å². The molecule has 0 atom stereocenters. The van der Waals surface area contributed by atoms with E-state index in [2.05, 4.69) is 15.0 Å². The lowest BCUT2D eigenvalue weighted by atomic mass is 10.1. The van der Waals surface area contributed by atoms with Gasteiger partial charge >= 0.3 is 0 Å². The van der Waals surface area contributed by atoms with Crippen molar-refractivity contribution in [2.45, 2.75) is 62.5 Å². The predicted molar refractivity (Wildman–Crippen MR) is 153 cm³/mol. The summed E-state index contributed by atoms with van der Waals surface area (Å²) < 4.78 is 61.3. The van der Waals surface area contributed by atoms with Crippen LogP contribution < -0.4 is 10.0 Å². The minimum Gasteiger partial charge on any atom is -0.389 e. The van der Waals surface area contributed by atoms with E-state index in [0.717, 1.165) is 11.3 Å². The highest BCUT2D eigenvalue weighted by molar-refractivity contribution is 7.89. The molecule has 2 aromatic rings. The summed E-state index contributed by atoms with van der Waals surface area (Å²) in [6.45, 7) is 5.73. The average Bonchev–Trinajstić information content (AvgIpc) is 3.27. The number of likely N-dealkylation sites (tertiary alicyclic amines) is 1. The molecule has 1 aromatic carbocycles. The lowest BCUT2D eigenvalue weighted by Crippen LogP contribution is -2.46. The lowest BCUT2D eigenvalue weighted by Gasteiger charge is -2.31. The molecule has 1 aromatic heterocycles. The number of nitrogens with one attached hydrogen (secondary N) is 2. The number of carbonyl (C=O) groups excluding carboxylic acids is 2. The molecule has 1 saturated heterocycles. The first kappa shape index (κ1) is 33.6. The van der Waals surface area contributed by atoms with Crippen molar-refractivity contribution in [3.63, 3.8) is 0 Å². The minimum atomic E-state index is -4.17. The Morgan fingerprint density at radius 3 is 2.34 bits per heavy atom. The van der Waals surface area contributed by atoms with Gasteiger partial charge in [-0.1, -0.05) is 29.3 Å². The van der Waals surface area contributed by atoms with Crippen LogP contribution in [-0.4, -0.2) is 85.6 Å². The Kier molecular flexibility index (Phi) is 10.1. The van der Waals surface area contributed by atoms with E-state index in [-0.39, 0.29) is 62.3 Å². The predicted octanol–water partition coefficient (Wildman–Crippen LogP) is 4.19. The number of sulfonamides is 1. The zero-order chi connectivity index (χ0) is 31.0. The minimum absolute atomic E-state index is 0.0722. The van der Waals surface area contributed by atoms with Gasteiger partial charge in [-0.2, -0.15) is 0 Å². The highest BCUT2D eigenvalue weighted by atomic mass is 35.5. The van der Waals surface area contributed by atoms with Crippen molar-refractivity contribution in [1.82, 2.24) is 19.9 Å². The van der Waals surface area contributed by atoms with Crippen molar-refractivity contribution in [2.75, 3.05) is 33.4 Å². The van der Waals surface area contributed by atoms with E-state index in [1.54, 1.807) is 13.8 Å². The van der Waals surface area contributed by atoms with E-state index in [9.17, 15) is 31.9 Å². The van der Waals surface area contributed by atoms with Gasteiger partial charge in [0.15, 0.2) is 5.01 Å². The molecule has 0 spiro atoms. The molecule has 228 valence electrons. The molecule has 0 aliphatic carbocycles. The smallest absolute Gasteiger partial charge is 0.280 e. The Labute approximate surface area is 251 Å². The van der Waals surface area contributed by atoms with Gasteiger partial charge < -0.3 is 20.1 Å². The molecule has 1 aliphatic heterocycles. The van der Waals surface area contributed by atoms with Crippen LogP contribution in [0.2, 0.25) is 10.0 Å². The molecule has 10 nitrogen and oxygen atoms in total. The number of ether oxygens (including phenoxy) is 1. The van der Waals surface area contributed by atoms with E-state index in [1.165, 1.54) is 38.0 Å². The van der Waals surface area contributed by atoms with Crippen molar-refractivity contribution in [1.29, 1.82) is 0 Å². The number of hydrogen-bond donors (Lipinski definition) is 3. The van der Waals surface area contributed by atoms with Crippen molar-refractivity contribution in [3.8, 4) is 10.4 Å². The number of amides is 2. The van der Waals surface area contributed by atoms with Crippen LogP contribution in [0.25, 0.3) is 10.4 Å². The molecule has 16 heteroatoms. The fourth-order valence-electron chi connectivity index (χ4n) is 4.03. The number of aromatic nitrogens is 1. The maximum absolute atomic E-state index is 13.7. The molecule has 3 N–H and O–H groups in total. The summed E-state index contributed by atoms with van der Waals surface area (Å²) in [6, 6.07) is 2.54. The highest BCUT2D eigenvalue weighted by Crippen LogP contribution is 2.42. The SMILES string of the molecule is COCC(C)(C)NS(=O)(=O)c1ccc(-c2sc(C(=O)NCC(C)(C)O)nc2C(=O)N2CCC(F)(F)CC2)c(Cl)c1Cl. The molecule has 1 aliphatic rings. The molecule has 0 radical (unpaired) electrons. The average molecular weight is 658 g/mol. The van der Waals surface area contributed by atoms with Gasteiger partial charge in [-0.05, 0) is 33.8 Å². The lowest BCUT2D eigenvalue weighted by molar-refractivity contribution is -0.0495. The second kappa shape index (κ2) is 12.3. The van der Waals surface area contributed by atoms with Gasteiger partial charge in [0.05, 0.1) is 32.7 Å². The zero-order valence-corrected chi connectivity index (χ0v) is 26.3. The van der Waals surface area contributed by atoms with Gasteiger partial charge in [0.25, 0.3) is 17.7 Å². The number of thiazole rings is 1. The summed E-state index contributed by atoms with van der Waals surface area (Å²) in [5, 5.41) is 11.8. The normalized spacial score (nSPS) is 16.1. The fourth-order valence-corrected chi connectivity index (χ4v) is 7.35. The summed E-state index contributed by atoms with van der Waals surface area (Å²) in [4.78, 5) is 31.5. The molecule has 0 unspecified atom stereocenters. The van der Waals surface area contributed by atoms with Crippen LogP contribution >= 0.6 is 34.5 Å². The summed E-state index contributed by atoms with van der Waals surface area (Å²) >= 11 is 13.8. The van der Waals surface area contributed by atoms with Gasteiger partial charge in [-0.15, -0.1) is 11.3 Å². The maximum Gasteiger partial charge on any atom is 0.280 e. The van der Waals surface area contributed by atoms with Crippen molar-refractivity contribution in [3.05, 3.63) is 32.9 Å². The summed E-state index contributed by atoms with van der Waals surface area (Å²) in [7, 11) is -2.74. The molecule has 2 amide bonds. The van der Waals surface area contributed by atoms with Crippen LogP contribution in [0.15, 0.2) is 17.0 Å². The first-order valence-corrected chi connectivity index (χ1v) is 15.5. The standard InChI is InChI=1S/C25H32Cl2F2N4O6S2/c1-23(2,13-39-5)32-41(37,38)15-7-6-14(16(26)17(15)27)19-18(22(35)33-10-8-25(28,29)9-11-33)31-21(40-19)20(34)30-12-24(3,4)36/h6-7,32,36H,8-13H2,1-5H3,(H,30,34). The molecule has 41 heavy (non-hydrogen) atoms. The number of methoxy groups -OCH3 is 1. The summed E-state index contributed by atoms with van der Waals surface area (Å²) in [5.74, 6) is -4.28. The molecule has 3 rings (SSSR count). The summed E-state index contributed by atoms with van der Waals surface area (Å²) in [5.41, 5.74) is -2.30. The molecule has 1 fully saturated rings. The van der Waals surface area contributed by atoms with Crippen molar-refractivity contribution in [2.24, 2.45) is 0 Å². The fraction of sp³-hybridized carbons (Fsp3) is 0.560. The van der Waals surface area contributed by atoms with E-state index in [0.29, 0.717) is 0 Å². The Bertz CT molecular complexity index is 1420. The van der Waals surface area contributed by atoms with Crippen LogP contribution in [0.4, 0.5) is 8.78 Å². The monoisotopic (exact) mass is 656 g/mol. The van der Waals surface area contributed by atoms with Gasteiger partial charge in [0.1, 0.15) is 10.6 Å². The molecular formula is C25H32Cl2F2N4O6S2. The number of halogens is 4. The van der Waals surface area contributed by atoms with Gasteiger partial charge in [0.2, 0.25) is 10.0 Å². The quantitative estimate of drug-likeness (QED) is 0.349. The number of piperidine rings is 1. The Morgan fingerprint density at radius 1 is 1.17 bits per heavy atom. The topological polar surface area (TPSA) is 138 Å². The van der Waals surface area contributed by atoms with E-state index >= 15 is 0 Å². The zero-order valence-electron chi connectivity index (χ0n) is 23.1. The van der Waals surface area contributed by atoms with Crippen LogP contribution in [0.5, 0.6) is 0 Å². The number of alkyl halides is 2. The molecular weight excluding hydrogens is 625 g/mol. The number of nitrogens with zero attached hydrogens (tertiary/aromatic N) is 2. The van der Waals surface area contributed by atoms with Gasteiger partial charge in [-0.25, -0.2) is 26.9 Å². The van der Waals surface area contributed by atoms with Crippen LogP contribution in [0.1, 0.15) is 60.8 Å². The Balaban J connectivity index is 2.07. The van der Waals surface area contributed by atoms with E-state index < -0.39 is 51.7 Å². The highest BCUT2D eigenvalue weighted by Gasteiger charge is 2.38. The first-order chi connectivity index (χ1) is 18.8. The molecule has 0 bridgehead atoms. The number of aliphatic hydroxyl groups is 1. The van der Waals surface area contributed by atoms with Gasteiger partial charge in [0, 0.05) is 45.1 Å². The third kappa shape index (κ3) is 8.33. The Hall–Kier alpha value is -1.94. The van der Waals surface area contributed by atoms with Crippen LogP contribution in [0, 0.1) is 0 Å². The Morgan fingerprint density at radius 2 is 1.78 bits per heavy atom. The second-order valence-corrected chi connectivity index (χ2v) is 14.4. The third-order valence-electron chi connectivity index (χ3n) is 5.98. The molecule has 0 saturated carbocycles. The van der Waals surface area contributed by atoms with E-state index in [4.69, 9.17) is 27.9 Å². The summed E-state index contributed by atoms with van der Waals surface area (Å²) in [6.07, 6.45) is -1.05. The largest absolute Gasteiger partial charge is 0.389 e.